The second-order valence-electron chi connectivity index (χ2n) is 16.0. The maximum absolute atomic E-state index is 2.78. The highest BCUT2D eigenvalue weighted by Gasteiger charge is 2.53. The summed E-state index contributed by atoms with van der Waals surface area (Å²) in [5, 5.41) is 5.72. The number of hydrogen-bond donors (Lipinski definition) is 0. The fourth-order valence-electron chi connectivity index (χ4n) is 10.9. The zero-order chi connectivity index (χ0) is 36.5. The molecule has 0 bridgehead atoms. The van der Waals surface area contributed by atoms with Gasteiger partial charge in [0.1, 0.15) is 0 Å². The molecule has 3 aliphatic heterocycles. The van der Waals surface area contributed by atoms with Crippen molar-refractivity contribution in [3.63, 3.8) is 0 Å². The number of para-hydroxylation sites is 3. The molecule has 1 aliphatic carbocycles. The van der Waals surface area contributed by atoms with Crippen molar-refractivity contribution in [2.75, 3.05) is 9.80 Å². The van der Waals surface area contributed by atoms with Gasteiger partial charge in [0.25, 0.3) is 6.71 Å². The maximum Gasteiger partial charge on any atom is 0.252 e. The van der Waals surface area contributed by atoms with Gasteiger partial charge in [0, 0.05) is 39.5 Å². The summed E-state index contributed by atoms with van der Waals surface area (Å²) >= 11 is 0. The van der Waals surface area contributed by atoms with Gasteiger partial charge in [0.15, 0.2) is 8.07 Å². The number of nitrogens with zero attached hydrogens (tertiary/aromatic N) is 2. The second-order valence-corrected chi connectivity index (χ2v) is 19.8. The summed E-state index contributed by atoms with van der Waals surface area (Å²) in [5.74, 6) is 0. The summed E-state index contributed by atoms with van der Waals surface area (Å²) in [6.07, 6.45) is 0. The van der Waals surface area contributed by atoms with Crippen LogP contribution in [-0.2, 0) is 5.41 Å². The third-order valence-electron chi connectivity index (χ3n) is 13.1. The van der Waals surface area contributed by atoms with Crippen LogP contribution >= 0.6 is 0 Å². The normalized spacial score (nSPS) is 15.6. The Bertz CT molecular complexity index is 2830. The van der Waals surface area contributed by atoms with Crippen LogP contribution in [0.3, 0.4) is 0 Å². The van der Waals surface area contributed by atoms with Crippen molar-refractivity contribution in [3.8, 4) is 11.1 Å². The van der Waals surface area contributed by atoms with Crippen LogP contribution in [0.15, 0.2) is 188 Å². The van der Waals surface area contributed by atoms with E-state index < -0.39 is 8.07 Å². The summed E-state index contributed by atoms with van der Waals surface area (Å²) in [4.78, 5) is 5.17. The van der Waals surface area contributed by atoms with Gasteiger partial charge in [-0.1, -0.05) is 166 Å². The first-order valence-corrected chi connectivity index (χ1v) is 21.5. The molecule has 0 saturated carbocycles. The van der Waals surface area contributed by atoms with E-state index in [-0.39, 0.29) is 12.1 Å². The SMILES string of the molecule is CC1(C)c2ccccc2-c2cc3c(cc21)B1c2cccc4c2N(c2ccccc2[Si]4(c2ccccc2)c2ccccc2)c2cccc(c21)N3c1ccccc1. The van der Waals surface area contributed by atoms with Gasteiger partial charge in [-0.3, -0.25) is 0 Å². The summed E-state index contributed by atoms with van der Waals surface area (Å²) in [6.45, 7) is 4.87. The molecule has 0 N–H and O–H groups in total. The Hall–Kier alpha value is -6.36. The number of benzene rings is 8. The largest absolute Gasteiger partial charge is 0.312 e. The first-order valence-electron chi connectivity index (χ1n) is 19.5. The van der Waals surface area contributed by atoms with Crippen molar-refractivity contribution >= 4 is 86.0 Å². The molecule has 0 atom stereocenters. The zero-order valence-corrected chi connectivity index (χ0v) is 31.9. The van der Waals surface area contributed by atoms with Gasteiger partial charge >= 0.3 is 0 Å². The Morgan fingerprint density at radius 2 is 1.02 bits per heavy atom. The number of rotatable bonds is 3. The zero-order valence-electron chi connectivity index (χ0n) is 30.9. The third kappa shape index (κ3) is 3.89. The fraction of sp³-hybridized carbons (Fsp3) is 0.0588. The van der Waals surface area contributed by atoms with Crippen molar-refractivity contribution in [2.24, 2.45) is 0 Å². The van der Waals surface area contributed by atoms with Gasteiger partial charge in [0.05, 0.1) is 0 Å². The van der Waals surface area contributed by atoms with Gasteiger partial charge in [-0.05, 0) is 95.8 Å². The van der Waals surface area contributed by atoms with Crippen molar-refractivity contribution in [2.45, 2.75) is 19.3 Å². The minimum Gasteiger partial charge on any atom is -0.312 e. The topological polar surface area (TPSA) is 6.48 Å². The first-order chi connectivity index (χ1) is 27.1. The molecule has 0 unspecified atom stereocenters. The summed E-state index contributed by atoms with van der Waals surface area (Å²) in [6, 6.07) is 71.5. The van der Waals surface area contributed by atoms with Crippen LogP contribution in [0.25, 0.3) is 11.1 Å². The molecule has 0 amide bonds. The lowest BCUT2D eigenvalue weighted by Crippen LogP contribution is -2.79. The van der Waals surface area contributed by atoms with Crippen LogP contribution < -0.4 is 46.9 Å². The summed E-state index contributed by atoms with van der Waals surface area (Å²) in [5.41, 5.74) is 17.2. The lowest BCUT2D eigenvalue weighted by Gasteiger charge is -2.50. The molecule has 2 nitrogen and oxygen atoms in total. The van der Waals surface area contributed by atoms with Crippen LogP contribution in [0.4, 0.5) is 34.1 Å². The minimum atomic E-state index is -2.78. The van der Waals surface area contributed by atoms with E-state index in [1.54, 1.807) is 0 Å². The molecule has 8 aromatic carbocycles. The van der Waals surface area contributed by atoms with Crippen LogP contribution in [-0.4, -0.2) is 14.8 Å². The number of anilines is 6. The average Bonchev–Trinajstić information content (AvgIpc) is 3.47. The van der Waals surface area contributed by atoms with Gasteiger partial charge in [-0.2, -0.15) is 0 Å². The predicted octanol–water partition coefficient (Wildman–Crippen LogP) is 7.77. The van der Waals surface area contributed by atoms with Crippen molar-refractivity contribution < 1.29 is 0 Å². The molecule has 55 heavy (non-hydrogen) atoms. The number of hydrogen-bond acceptors (Lipinski definition) is 2. The molecule has 258 valence electrons. The van der Waals surface area contributed by atoms with E-state index in [0.29, 0.717) is 0 Å². The molecule has 4 heteroatoms. The summed E-state index contributed by atoms with van der Waals surface area (Å²) in [7, 11) is -2.78. The lowest BCUT2D eigenvalue weighted by atomic mass is 9.33. The quantitative estimate of drug-likeness (QED) is 0.173. The highest BCUT2D eigenvalue weighted by molar-refractivity contribution is 7.22. The number of fused-ring (bicyclic) bond motifs is 9. The Morgan fingerprint density at radius 3 is 1.76 bits per heavy atom. The molecule has 0 spiro atoms. The van der Waals surface area contributed by atoms with Crippen molar-refractivity contribution in [1.29, 1.82) is 0 Å². The van der Waals surface area contributed by atoms with Gasteiger partial charge in [0.2, 0.25) is 0 Å². The third-order valence-corrected chi connectivity index (χ3v) is 17.9. The molecule has 4 aliphatic rings. The first kappa shape index (κ1) is 31.0. The van der Waals surface area contributed by atoms with Crippen molar-refractivity contribution in [1.82, 2.24) is 0 Å². The highest BCUT2D eigenvalue weighted by atomic mass is 28.3. The van der Waals surface area contributed by atoms with E-state index in [1.165, 1.54) is 93.5 Å². The predicted molar refractivity (Wildman–Crippen MR) is 235 cm³/mol. The van der Waals surface area contributed by atoms with Crippen LogP contribution in [0.5, 0.6) is 0 Å². The molecule has 0 fully saturated rings. The monoisotopic (exact) mass is 716 g/mol. The molecule has 0 radical (unpaired) electrons. The molecule has 3 heterocycles. The van der Waals surface area contributed by atoms with Gasteiger partial charge < -0.3 is 9.80 Å². The molecular weight excluding hydrogens is 679 g/mol. The van der Waals surface area contributed by atoms with Crippen molar-refractivity contribution in [3.05, 3.63) is 199 Å². The fourth-order valence-corrected chi connectivity index (χ4v) is 16.0. The average molecular weight is 717 g/mol. The Labute approximate surface area is 324 Å². The minimum absolute atomic E-state index is 0.0562. The molecule has 8 aromatic rings. The Kier molecular flexibility index (Phi) is 6.26. The Morgan fingerprint density at radius 1 is 0.436 bits per heavy atom. The van der Waals surface area contributed by atoms with Crippen LogP contribution in [0.1, 0.15) is 25.0 Å². The smallest absolute Gasteiger partial charge is 0.252 e. The van der Waals surface area contributed by atoms with E-state index >= 15 is 0 Å². The van der Waals surface area contributed by atoms with E-state index in [1.807, 2.05) is 0 Å². The highest BCUT2D eigenvalue weighted by Crippen LogP contribution is 2.52. The van der Waals surface area contributed by atoms with Gasteiger partial charge in [-0.15, -0.1) is 0 Å². The van der Waals surface area contributed by atoms with Crippen LogP contribution in [0.2, 0.25) is 0 Å². The lowest BCUT2D eigenvalue weighted by molar-refractivity contribution is 0.661. The van der Waals surface area contributed by atoms with E-state index in [2.05, 4.69) is 212 Å². The van der Waals surface area contributed by atoms with E-state index in [4.69, 9.17) is 0 Å². The van der Waals surface area contributed by atoms with E-state index in [9.17, 15) is 0 Å². The van der Waals surface area contributed by atoms with Crippen LogP contribution in [0, 0.1) is 0 Å². The maximum atomic E-state index is 2.63. The molecule has 0 saturated heterocycles. The Balaban J connectivity index is 1.22. The van der Waals surface area contributed by atoms with Gasteiger partial charge in [-0.25, -0.2) is 0 Å². The molecular formula is C51H37BN2Si. The summed E-state index contributed by atoms with van der Waals surface area (Å²) < 4.78 is 0. The standard InChI is InChI=1S/C51H37BN2Si/c1-51(2)39-25-13-12-24-37(39)38-32-46-42(33-40(38)51)52-41-26-16-31-48-50(41)54(45-29-17-28-44(49(45)52)53(46)34-18-6-3-7-19-34)43-27-14-15-30-47(43)55(48,35-20-8-4-9-21-35)36-22-10-5-11-23-36/h3-33H,1-2H3. The second kappa shape index (κ2) is 11.1. The van der Waals surface area contributed by atoms with E-state index in [0.717, 1.165) is 0 Å². The molecule has 12 rings (SSSR count). The molecule has 0 aromatic heterocycles.